The highest BCUT2D eigenvalue weighted by atomic mass is 35.5. The Hall–Kier alpha value is -3.45. The summed E-state index contributed by atoms with van der Waals surface area (Å²) >= 11 is 6.03. The number of hydrogen-bond acceptors (Lipinski definition) is 4. The minimum atomic E-state index is -0.569. The minimum absolute atomic E-state index is 0.173. The van der Waals surface area contributed by atoms with E-state index in [1.54, 1.807) is 45.9 Å². The number of anilines is 1. The average Bonchev–Trinajstić information content (AvgIpc) is 3.24. The molecular formula is C20H16ClN5O2. The van der Waals surface area contributed by atoms with E-state index in [9.17, 15) is 9.59 Å². The van der Waals surface area contributed by atoms with Crippen molar-refractivity contribution in [3.05, 3.63) is 81.9 Å². The Kier molecular flexibility index (Phi) is 4.67. The zero-order chi connectivity index (χ0) is 19.7. The summed E-state index contributed by atoms with van der Waals surface area (Å²) in [6.45, 7) is 2.40. The Morgan fingerprint density at radius 3 is 2.64 bits per heavy atom. The van der Waals surface area contributed by atoms with Crippen LogP contribution >= 0.6 is 11.6 Å². The molecule has 140 valence electrons. The number of benzene rings is 2. The van der Waals surface area contributed by atoms with Gasteiger partial charge in [0.1, 0.15) is 0 Å². The van der Waals surface area contributed by atoms with Gasteiger partial charge >= 0.3 is 0 Å². The molecule has 0 aliphatic heterocycles. The van der Waals surface area contributed by atoms with Crippen molar-refractivity contribution in [2.75, 3.05) is 5.32 Å². The third-order valence-electron chi connectivity index (χ3n) is 4.33. The van der Waals surface area contributed by atoms with Crippen molar-refractivity contribution in [1.82, 2.24) is 19.6 Å². The smallest absolute Gasteiger partial charge is 0.280 e. The number of aryl methyl sites for hydroxylation is 1. The first-order valence-electron chi connectivity index (χ1n) is 8.68. The summed E-state index contributed by atoms with van der Waals surface area (Å²) in [4.78, 5) is 25.5. The van der Waals surface area contributed by atoms with Crippen LogP contribution in [0.4, 0.5) is 5.69 Å². The van der Waals surface area contributed by atoms with E-state index in [2.05, 4.69) is 15.5 Å². The Morgan fingerprint density at radius 2 is 1.96 bits per heavy atom. The van der Waals surface area contributed by atoms with Gasteiger partial charge in [0.25, 0.3) is 5.91 Å². The zero-order valence-corrected chi connectivity index (χ0v) is 15.7. The predicted molar refractivity (Wildman–Crippen MR) is 108 cm³/mol. The number of halogens is 1. The van der Waals surface area contributed by atoms with Crippen LogP contribution in [0.2, 0.25) is 5.02 Å². The van der Waals surface area contributed by atoms with Crippen molar-refractivity contribution in [3.63, 3.8) is 0 Å². The molecular weight excluding hydrogens is 378 g/mol. The van der Waals surface area contributed by atoms with Crippen LogP contribution in [0.3, 0.4) is 0 Å². The largest absolute Gasteiger partial charge is 0.320 e. The summed E-state index contributed by atoms with van der Waals surface area (Å²) in [7, 11) is 0. The van der Waals surface area contributed by atoms with Crippen molar-refractivity contribution < 1.29 is 4.79 Å². The lowest BCUT2D eigenvalue weighted by Gasteiger charge is -2.11. The fourth-order valence-corrected chi connectivity index (χ4v) is 3.13. The van der Waals surface area contributed by atoms with Crippen LogP contribution in [0, 0.1) is 0 Å². The van der Waals surface area contributed by atoms with Crippen molar-refractivity contribution in [2.45, 2.75) is 13.5 Å². The van der Waals surface area contributed by atoms with Gasteiger partial charge < -0.3 is 5.32 Å². The van der Waals surface area contributed by atoms with Gasteiger partial charge in [-0.25, -0.2) is 4.68 Å². The number of hydrogen-bond donors (Lipinski definition) is 1. The fourth-order valence-electron chi connectivity index (χ4n) is 2.96. The molecule has 4 rings (SSSR count). The molecule has 0 unspecified atom stereocenters. The molecule has 0 aliphatic carbocycles. The van der Waals surface area contributed by atoms with E-state index < -0.39 is 11.3 Å². The first kappa shape index (κ1) is 17.9. The van der Waals surface area contributed by atoms with Gasteiger partial charge in [-0.1, -0.05) is 11.6 Å². The standard InChI is InChI=1S/C20H16ClN5O2/c1-2-25-17-9-4-13(21)12-16(17)19(27)18(24-25)20(28)23-14-5-7-15(8-6-14)26-11-3-10-22-26/h3-12H,2H2,1H3,(H,23,28). The molecule has 0 fully saturated rings. The monoisotopic (exact) mass is 393 g/mol. The Labute approximate surface area is 165 Å². The number of amides is 1. The average molecular weight is 394 g/mol. The molecule has 0 aliphatic rings. The SMILES string of the molecule is CCn1nc(C(=O)Nc2ccc(-n3cccn3)cc2)c(=O)c2cc(Cl)ccc21. The van der Waals surface area contributed by atoms with Crippen LogP contribution < -0.4 is 10.7 Å². The third kappa shape index (κ3) is 3.27. The van der Waals surface area contributed by atoms with Gasteiger partial charge in [0.05, 0.1) is 16.6 Å². The van der Waals surface area contributed by atoms with E-state index in [-0.39, 0.29) is 5.69 Å². The number of fused-ring (bicyclic) bond motifs is 1. The number of nitrogens with one attached hydrogen (secondary N) is 1. The lowest BCUT2D eigenvalue weighted by molar-refractivity contribution is 0.101. The van der Waals surface area contributed by atoms with Crippen LogP contribution in [0.15, 0.2) is 65.7 Å². The first-order valence-corrected chi connectivity index (χ1v) is 9.06. The Bertz CT molecular complexity index is 1210. The number of carbonyl (C=O) groups is 1. The highest BCUT2D eigenvalue weighted by Gasteiger charge is 2.17. The molecule has 2 aromatic carbocycles. The Morgan fingerprint density at radius 1 is 1.18 bits per heavy atom. The molecule has 0 spiro atoms. The van der Waals surface area contributed by atoms with E-state index in [1.807, 2.05) is 31.3 Å². The second-order valence-corrected chi connectivity index (χ2v) is 6.54. The van der Waals surface area contributed by atoms with Gasteiger partial charge in [-0.15, -0.1) is 0 Å². The minimum Gasteiger partial charge on any atom is -0.320 e. The van der Waals surface area contributed by atoms with Crippen LogP contribution in [-0.2, 0) is 6.54 Å². The quantitative estimate of drug-likeness (QED) is 0.575. The summed E-state index contributed by atoms with van der Waals surface area (Å²) in [6, 6.07) is 13.9. The van der Waals surface area contributed by atoms with Gasteiger partial charge in [-0.2, -0.15) is 10.2 Å². The molecule has 0 saturated carbocycles. The molecule has 7 nitrogen and oxygen atoms in total. The van der Waals surface area contributed by atoms with E-state index in [4.69, 9.17) is 11.6 Å². The molecule has 0 saturated heterocycles. The number of aromatic nitrogens is 4. The van der Waals surface area contributed by atoms with Crippen molar-refractivity contribution in [3.8, 4) is 5.69 Å². The predicted octanol–water partition coefficient (Wildman–Crippen LogP) is 3.51. The molecule has 0 atom stereocenters. The maximum atomic E-state index is 12.8. The topological polar surface area (TPSA) is 81.8 Å². The number of nitrogens with zero attached hydrogens (tertiary/aromatic N) is 4. The van der Waals surface area contributed by atoms with Crippen LogP contribution in [0.1, 0.15) is 17.4 Å². The summed E-state index contributed by atoms with van der Waals surface area (Å²) in [5.74, 6) is -0.569. The van der Waals surface area contributed by atoms with Gasteiger partial charge in [0.2, 0.25) is 5.43 Å². The van der Waals surface area contributed by atoms with E-state index in [1.165, 1.54) is 0 Å². The lowest BCUT2D eigenvalue weighted by Crippen LogP contribution is -2.27. The summed E-state index contributed by atoms with van der Waals surface area (Å²) in [5.41, 5.74) is 1.42. The van der Waals surface area contributed by atoms with E-state index in [0.29, 0.717) is 28.2 Å². The second-order valence-electron chi connectivity index (χ2n) is 6.11. The molecule has 2 heterocycles. The van der Waals surface area contributed by atoms with Gasteiger partial charge in [0, 0.05) is 29.6 Å². The summed E-state index contributed by atoms with van der Waals surface area (Å²) < 4.78 is 3.32. The highest BCUT2D eigenvalue weighted by Crippen LogP contribution is 2.17. The molecule has 8 heteroatoms. The van der Waals surface area contributed by atoms with E-state index in [0.717, 1.165) is 5.69 Å². The normalized spacial score (nSPS) is 10.9. The second kappa shape index (κ2) is 7.28. The molecule has 0 bridgehead atoms. The molecule has 1 amide bonds. The summed E-state index contributed by atoms with van der Waals surface area (Å²) in [6.07, 6.45) is 3.51. The van der Waals surface area contributed by atoms with Gasteiger partial charge in [0.15, 0.2) is 5.69 Å². The van der Waals surface area contributed by atoms with Crippen LogP contribution in [0.25, 0.3) is 16.6 Å². The molecule has 28 heavy (non-hydrogen) atoms. The van der Waals surface area contributed by atoms with Crippen molar-refractivity contribution >= 4 is 34.1 Å². The van der Waals surface area contributed by atoms with Gasteiger partial charge in [-0.05, 0) is 55.5 Å². The van der Waals surface area contributed by atoms with Gasteiger partial charge in [-0.3, -0.25) is 14.3 Å². The van der Waals surface area contributed by atoms with E-state index >= 15 is 0 Å². The molecule has 4 aromatic rings. The number of carbonyl (C=O) groups excluding carboxylic acids is 1. The maximum Gasteiger partial charge on any atom is 0.280 e. The third-order valence-corrected chi connectivity index (χ3v) is 4.56. The zero-order valence-electron chi connectivity index (χ0n) is 15.0. The van der Waals surface area contributed by atoms with Crippen molar-refractivity contribution in [1.29, 1.82) is 0 Å². The first-order chi connectivity index (χ1) is 13.6. The molecule has 1 N–H and O–H groups in total. The maximum absolute atomic E-state index is 12.8. The van der Waals surface area contributed by atoms with Crippen molar-refractivity contribution in [2.24, 2.45) is 0 Å². The van der Waals surface area contributed by atoms with Crippen LogP contribution in [0.5, 0.6) is 0 Å². The van der Waals surface area contributed by atoms with Crippen LogP contribution in [-0.4, -0.2) is 25.5 Å². The summed E-state index contributed by atoms with van der Waals surface area (Å²) in [5, 5.41) is 11.9. The number of rotatable bonds is 4. The molecule has 0 radical (unpaired) electrons. The lowest BCUT2D eigenvalue weighted by atomic mass is 10.2. The Balaban J connectivity index is 1.67. The fraction of sp³-hybridized carbons (Fsp3) is 0.100. The highest BCUT2D eigenvalue weighted by molar-refractivity contribution is 6.31. The molecule has 2 aromatic heterocycles.